The smallest absolute Gasteiger partial charge is 0.335 e. The molecule has 0 spiro atoms. The van der Waals surface area contributed by atoms with E-state index >= 15 is 0 Å². The van der Waals surface area contributed by atoms with E-state index in [2.05, 4.69) is 10.3 Å². The summed E-state index contributed by atoms with van der Waals surface area (Å²) in [4.78, 5) is 26.4. The number of hydrogen-bond donors (Lipinski definition) is 3. The van der Waals surface area contributed by atoms with Crippen LogP contribution in [0.2, 0.25) is 10.2 Å². The number of aromatic nitrogens is 1. The molecule has 108 valence electrons. The standard InChI is InChI=1S/C13H8Cl2N2O4/c14-8-3-7(5-16-11(8)15)12(19)17-9-2-1-6(13(20)21)4-10(9)18/h1-5,18H,(H,17,19)(H,20,21). The fourth-order valence-electron chi connectivity index (χ4n) is 1.51. The Morgan fingerprint density at radius 3 is 2.43 bits per heavy atom. The van der Waals surface area contributed by atoms with Crippen LogP contribution in [0.5, 0.6) is 5.75 Å². The minimum atomic E-state index is -1.18. The van der Waals surface area contributed by atoms with Crippen molar-refractivity contribution in [2.45, 2.75) is 0 Å². The second kappa shape index (κ2) is 5.99. The van der Waals surface area contributed by atoms with Crippen LogP contribution in [0.4, 0.5) is 5.69 Å². The number of nitrogens with zero attached hydrogens (tertiary/aromatic N) is 1. The highest BCUT2D eigenvalue weighted by Crippen LogP contribution is 2.26. The van der Waals surface area contributed by atoms with Gasteiger partial charge in [-0.3, -0.25) is 4.79 Å². The van der Waals surface area contributed by atoms with Crippen LogP contribution in [-0.4, -0.2) is 27.1 Å². The molecule has 3 N–H and O–H groups in total. The van der Waals surface area contributed by atoms with Gasteiger partial charge in [-0.25, -0.2) is 9.78 Å². The third-order valence-corrected chi connectivity index (χ3v) is 3.24. The topological polar surface area (TPSA) is 99.5 Å². The van der Waals surface area contributed by atoms with E-state index in [1.807, 2.05) is 0 Å². The zero-order valence-electron chi connectivity index (χ0n) is 10.3. The van der Waals surface area contributed by atoms with Crippen LogP contribution in [-0.2, 0) is 0 Å². The Bertz CT molecular complexity index is 734. The van der Waals surface area contributed by atoms with Crippen LogP contribution in [0.1, 0.15) is 20.7 Å². The molecule has 0 aliphatic heterocycles. The number of pyridine rings is 1. The molecule has 0 radical (unpaired) electrons. The molecule has 0 bridgehead atoms. The lowest BCUT2D eigenvalue weighted by Gasteiger charge is -2.08. The number of hydrogen-bond acceptors (Lipinski definition) is 4. The normalized spacial score (nSPS) is 10.2. The van der Waals surface area contributed by atoms with Crippen molar-refractivity contribution in [2.75, 3.05) is 5.32 Å². The Labute approximate surface area is 129 Å². The van der Waals surface area contributed by atoms with Crippen molar-refractivity contribution in [1.82, 2.24) is 4.98 Å². The number of aromatic carboxylic acids is 1. The molecule has 6 nitrogen and oxygen atoms in total. The minimum Gasteiger partial charge on any atom is -0.506 e. The van der Waals surface area contributed by atoms with Crippen molar-refractivity contribution in [3.63, 3.8) is 0 Å². The minimum absolute atomic E-state index is 0.0658. The summed E-state index contributed by atoms with van der Waals surface area (Å²) in [6, 6.07) is 4.90. The van der Waals surface area contributed by atoms with Crippen LogP contribution >= 0.6 is 23.2 Å². The molecule has 0 aliphatic rings. The van der Waals surface area contributed by atoms with E-state index in [9.17, 15) is 14.7 Å². The molecule has 0 unspecified atom stereocenters. The van der Waals surface area contributed by atoms with Crippen LogP contribution < -0.4 is 5.32 Å². The fourth-order valence-corrected chi connectivity index (χ4v) is 1.78. The predicted octanol–water partition coefficient (Wildman–Crippen LogP) is 3.04. The first kappa shape index (κ1) is 15.1. The van der Waals surface area contributed by atoms with Gasteiger partial charge in [-0.15, -0.1) is 0 Å². The summed E-state index contributed by atoms with van der Waals surface area (Å²) < 4.78 is 0. The first-order valence-corrected chi connectivity index (χ1v) is 6.33. The molecule has 0 saturated carbocycles. The number of amides is 1. The Kier molecular flexibility index (Phi) is 4.30. The largest absolute Gasteiger partial charge is 0.506 e. The van der Waals surface area contributed by atoms with Gasteiger partial charge in [-0.1, -0.05) is 23.2 Å². The van der Waals surface area contributed by atoms with E-state index in [0.29, 0.717) is 0 Å². The second-order valence-corrected chi connectivity index (χ2v) is 4.75. The molecule has 1 aromatic carbocycles. The molecule has 2 rings (SSSR count). The fraction of sp³-hybridized carbons (Fsp3) is 0. The van der Waals surface area contributed by atoms with Gasteiger partial charge in [0.25, 0.3) is 5.91 Å². The van der Waals surface area contributed by atoms with Crippen molar-refractivity contribution >= 4 is 40.8 Å². The van der Waals surface area contributed by atoms with E-state index in [1.54, 1.807) is 0 Å². The lowest BCUT2D eigenvalue weighted by Crippen LogP contribution is -2.12. The second-order valence-electron chi connectivity index (χ2n) is 3.99. The van der Waals surface area contributed by atoms with Gasteiger partial charge in [0.2, 0.25) is 0 Å². The molecule has 0 aliphatic carbocycles. The summed E-state index contributed by atoms with van der Waals surface area (Å²) >= 11 is 11.4. The molecule has 0 atom stereocenters. The van der Waals surface area contributed by atoms with Crippen molar-refractivity contribution < 1.29 is 19.8 Å². The summed E-state index contributed by atoms with van der Waals surface area (Å²) in [5.41, 5.74) is 0.115. The highest BCUT2D eigenvalue weighted by Gasteiger charge is 2.13. The highest BCUT2D eigenvalue weighted by atomic mass is 35.5. The molecule has 0 saturated heterocycles. The van der Waals surface area contributed by atoms with Gasteiger partial charge in [-0.05, 0) is 24.3 Å². The number of phenolic OH excluding ortho intramolecular Hbond substituents is 1. The first-order valence-electron chi connectivity index (χ1n) is 5.57. The summed E-state index contributed by atoms with van der Waals surface area (Å²) in [5.74, 6) is -2.12. The summed E-state index contributed by atoms with van der Waals surface area (Å²) in [7, 11) is 0. The van der Waals surface area contributed by atoms with Gasteiger partial charge in [0.1, 0.15) is 10.9 Å². The Balaban J connectivity index is 2.23. The molecule has 1 aromatic heterocycles. The molecule has 1 heterocycles. The van der Waals surface area contributed by atoms with Gasteiger partial charge in [0.05, 0.1) is 21.8 Å². The summed E-state index contributed by atoms with van der Waals surface area (Å²) in [6.07, 6.45) is 1.23. The Hall–Kier alpha value is -2.31. The first-order chi connectivity index (χ1) is 9.88. The van der Waals surface area contributed by atoms with Crippen LogP contribution in [0.25, 0.3) is 0 Å². The molecular weight excluding hydrogens is 319 g/mol. The number of rotatable bonds is 3. The monoisotopic (exact) mass is 326 g/mol. The number of anilines is 1. The van der Waals surface area contributed by atoms with E-state index < -0.39 is 11.9 Å². The van der Waals surface area contributed by atoms with Gasteiger partial charge in [-0.2, -0.15) is 0 Å². The zero-order chi connectivity index (χ0) is 15.6. The maximum atomic E-state index is 12.0. The number of carbonyl (C=O) groups is 2. The summed E-state index contributed by atoms with van der Waals surface area (Å²) in [6.45, 7) is 0. The van der Waals surface area contributed by atoms with E-state index in [0.717, 1.165) is 6.07 Å². The number of carboxylic acid groups (broad SMARTS) is 1. The lowest BCUT2D eigenvalue weighted by molar-refractivity contribution is 0.0696. The summed E-state index contributed by atoms with van der Waals surface area (Å²) in [5, 5.41) is 21.1. The third-order valence-electron chi connectivity index (χ3n) is 2.55. The average Bonchev–Trinajstić information content (AvgIpc) is 2.43. The third kappa shape index (κ3) is 3.42. The molecular formula is C13H8Cl2N2O4. The van der Waals surface area contributed by atoms with Crippen molar-refractivity contribution in [1.29, 1.82) is 0 Å². The molecule has 8 heteroatoms. The van der Waals surface area contributed by atoms with Gasteiger partial charge >= 0.3 is 5.97 Å². The zero-order valence-corrected chi connectivity index (χ0v) is 11.8. The molecule has 21 heavy (non-hydrogen) atoms. The van der Waals surface area contributed by atoms with Crippen molar-refractivity contribution in [3.8, 4) is 5.75 Å². The number of benzene rings is 1. The molecule has 1 amide bonds. The molecule has 0 fully saturated rings. The van der Waals surface area contributed by atoms with E-state index in [-0.39, 0.29) is 32.7 Å². The van der Waals surface area contributed by atoms with Crippen LogP contribution in [0.15, 0.2) is 30.5 Å². The Morgan fingerprint density at radius 1 is 1.14 bits per heavy atom. The predicted molar refractivity (Wildman–Crippen MR) is 77.3 cm³/mol. The van der Waals surface area contributed by atoms with Crippen molar-refractivity contribution in [2.24, 2.45) is 0 Å². The van der Waals surface area contributed by atoms with Crippen LogP contribution in [0.3, 0.4) is 0 Å². The van der Waals surface area contributed by atoms with Gasteiger partial charge in [0, 0.05) is 6.20 Å². The number of nitrogens with one attached hydrogen (secondary N) is 1. The molecule has 2 aromatic rings. The number of carboxylic acids is 1. The maximum absolute atomic E-state index is 12.0. The number of halogens is 2. The Morgan fingerprint density at radius 2 is 1.86 bits per heavy atom. The van der Waals surface area contributed by atoms with E-state index in [4.69, 9.17) is 28.3 Å². The van der Waals surface area contributed by atoms with E-state index in [1.165, 1.54) is 24.4 Å². The van der Waals surface area contributed by atoms with Gasteiger partial charge < -0.3 is 15.5 Å². The highest BCUT2D eigenvalue weighted by molar-refractivity contribution is 6.41. The average molecular weight is 327 g/mol. The number of phenols is 1. The van der Waals surface area contributed by atoms with Crippen LogP contribution in [0, 0.1) is 0 Å². The van der Waals surface area contributed by atoms with Gasteiger partial charge in [0.15, 0.2) is 0 Å². The number of aromatic hydroxyl groups is 1. The van der Waals surface area contributed by atoms with Crippen molar-refractivity contribution in [3.05, 3.63) is 51.8 Å². The lowest BCUT2D eigenvalue weighted by atomic mass is 10.2. The SMILES string of the molecule is O=C(O)c1ccc(NC(=O)c2cnc(Cl)c(Cl)c2)c(O)c1. The maximum Gasteiger partial charge on any atom is 0.335 e. The quantitative estimate of drug-likeness (QED) is 0.594. The number of carbonyl (C=O) groups excluding carboxylic acids is 1.